The second-order valence-electron chi connectivity index (χ2n) is 12.6. The fraction of sp³-hybridized carbons (Fsp3) is 0.333. The van der Waals surface area contributed by atoms with Crippen molar-refractivity contribution in [3.8, 4) is 0 Å². The minimum Gasteiger partial charge on any atom is -0.444 e. The molecule has 0 fully saturated rings. The Bertz CT molecular complexity index is 1530. The van der Waals surface area contributed by atoms with Crippen molar-refractivity contribution < 1.29 is 23.9 Å². The van der Waals surface area contributed by atoms with E-state index in [2.05, 4.69) is 45.2 Å². The van der Waals surface area contributed by atoms with Crippen LogP contribution in [0.4, 0.5) is 10.6 Å². The summed E-state index contributed by atoms with van der Waals surface area (Å²) in [5.41, 5.74) is 1.12. The summed E-state index contributed by atoms with van der Waals surface area (Å²) in [4.78, 5) is 43.7. The monoisotopic (exact) mass is 625 g/mol. The van der Waals surface area contributed by atoms with E-state index in [0.29, 0.717) is 12.4 Å². The minimum atomic E-state index is -1.38. The molecule has 0 aliphatic carbocycles. The second-order valence-corrected chi connectivity index (χ2v) is 12.6. The predicted molar refractivity (Wildman–Crippen MR) is 177 cm³/mol. The smallest absolute Gasteiger partial charge is 0.408 e. The molecule has 1 aromatic heterocycles. The van der Waals surface area contributed by atoms with E-state index in [9.17, 15) is 14.4 Å². The fourth-order valence-corrected chi connectivity index (χ4v) is 4.73. The number of ether oxygens (including phenoxy) is 2. The Kier molecular flexibility index (Phi) is 11.3. The minimum absolute atomic E-state index is 0.0679. The number of aromatic nitrogens is 2. The van der Waals surface area contributed by atoms with E-state index in [0.717, 1.165) is 16.7 Å². The molecule has 1 heterocycles. The van der Waals surface area contributed by atoms with Crippen molar-refractivity contribution in [3.63, 3.8) is 0 Å². The van der Waals surface area contributed by atoms with Gasteiger partial charge in [0.25, 0.3) is 5.91 Å². The number of imidazole rings is 1. The number of carbonyl (C=O) groups is 3. The van der Waals surface area contributed by atoms with Crippen LogP contribution < -0.4 is 16.0 Å². The van der Waals surface area contributed by atoms with Gasteiger partial charge in [-0.05, 0) is 51.3 Å². The molecule has 10 nitrogen and oxygen atoms in total. The first-order chi connectivity index (χ1) is 21.9. The van der Waals surface area contributed by atoms with Crippen molar-refractivity contribution in [1.82, 2.24) is 20.2 Å². The van der Waals surface area contributed by atoms with Crippen molar-refractivity contribution in [1.29, 1.82) is 0 Å². The van der Waals surface area contributed by atoms with Crippen LogP contribution in [0.25, 0.3) is 0 Å². The SMILES string of the molecule is CC(C)(C)OC(=O)NC(C)(C)C(=O)N[C@H](COCc1ccccc1)C(=O)Nc1cn(CC(c2ccccc2)c2ccccc2)cn1. The first-order valence-electron chi connectivity index (χ1n) is 15.3. The molecule has 0 spiro atoms. The predicted octanol–water partition coefficient (Wildman–Crippen LogP) is 5.66. The van der Waals surface area contributed by atoms with E-state index in [1.165, 1.54) is 13.8 Å². The summed E-state index contributed by atoms with van der Waals surface area (Å²) in [5, 5.41) is 8.12. The summed E-state index contributed by atoms with van der Waals surface area (Å²) in [6, 6.07) is 28.9. The van der Waals surface area contributed by atoms with Gasteiger partial charge < -0.3 is 30.0 Å². The first-order valence-corrected chi connectivity index (χ1v) is 15.3. The molecule has 4 rings (SSSR count). The number of hydrogen-bond acceptors (Lipinski definition) is 6. The van der Waals surface area contributed by atoms with E-state index in [1.807, 2.05) is 71.3 Å². The summed E-state index contributed by atoms with van der Waals surface area (Å²) >= 11 is 0. The highest BCUT2D eigenvalue weighted by atomic mass is 16.6. The van der Waals surface area contributed by atoms with Crippen LogP contribution in [-0.4, -0.2) is 51.2 Å². The number of benzene rings is 3. The Morgan fingerprint density at radius 3 is 1.96 bits per heavy atom. The van der Waals surface area contributed by atoms with Crippen molar-refractivity contribution in [2.24, 2.45) is 0 Å². The summed E-state index contributed by atoms with van der Waals surface area (Å²) in [6.45, 7) is 8.99. The normalized spacial score (nSPS) is 12.3. The molecule has 0 aliphatic heterocycles. The van der Waals surface area contributed by atoms with Gasteiger partial charge in [-0.3, -0.25) is 9.59 Å². The molecule has 3 aromatic carbocycles. The van der Waals surface area contributed by atoms with Crippen molar-refractivity contribution in [2.75, 3.05) is 11.9 Å². The van der Waals surface area contributed by atoms with Crippen LogP contribution in [0.2, 0.25) is 0 Å². The Morgan fingerprint density at radius 1 is 0.826 bits per heavy atom. The number of hydrogen-bond donors (Lipinski definition) is 3. The van der Waals surface area contributed by atoms with Gasteiger partial charge in [0, 0.05) is 18.7 Å². The molecule has 3 amide bonds. The van der Waals surface area contributed by atoms with E-state index >= 15 is 0 Å². The molecule has 10 heteroatoms. The number of rotatable bonds is 13. The van der Waals surface area contributed by atoms with E-state index in [-0.39, 0.29) is 19.1 Å². The van der Waals surface area contributed by atoms with Gasteiger partial charge in [0.15, 0.2) is 5.82 Å². The molecule has 242 valence electrons. The summed E-state index contributed by atoms with van der Waals surface area (Å²) < 4.78 is 13.1. The second kappa shape index (κ2) is 15.4. The number of nitrogens with zero attached hydrogens (tertiary/aromatic N) is 2. The third-order valence-electron chi connectivity index (χ3n) is 7.08. The van der Waals surface area contributed by atoms with Gasteiger partial charge in [0.2, 0.25) is 5.91 Å². The zero-order chi connectivity index (χ0) is 33.2. The zero-order valence-corrected chi connectivity index (χ0v) is 27.0. The topological polar surface area (TPSA) is 124 Å². The van der Waals surface area contributed by atoms with Crippen molar-refractivity contribution in [2.45, 2.75) is 70.9 Å². The van der Waals surface area contributed by atoms with Crippen LogP contribution in [-0.2, 0) is 32.2 Å². The maximum absolute atomic E-state index is 13.5. The molecule has 0 radical (unpaired) electrons. The van der Waals surface area contributed by atoms with E-state index < -0.39 is 35.1 Å². The van der Waals surface area contributed by atoms with Gasteiger partial charge in [-0.1, -0.05) is 91.0 Å². The fourth-order valence-electron chi connectivity index (χ4n) is 4.73. The quantitative estimate of drug-likeness (QED) is 0.176. The largest absolute Gasteiger partial charge is 0.444 e. The number of nitrogens with one attached hydrogen (secondary N) is 3. The van der Waals surface area contributed by atoms with Gasteiger partial charge >= 0.3 is 6.09 Å². The average Bonchev–Trinajstić information content (AvgIpc) is 3.46. The molecule has 46 heavy (non-hydrogen) atoms. The summed E-state index contributed by atoms with van der Waals surface area (Å²) in [6.07, 6.45) is 2.68. The Balaban J connectivity index is 1.46. The Hall–Kier alpha value is -4.96. The number of anilines is 1. The summed E-state index contributed by atoms with van der Waals surface area (Å²) in [5.74, 6) is -0.695. The van der Waals surface area contributed by atoms with E-state index in [1.54, 1.807) is 33.3 Å². The van der Waals surface area contributed by atoms with Crippen LogP contribution in [0.3, 0.4) is 0 Å². The van der Waals surface area contributed by atoms with Gasteiger partial charge in [-0.15, -0.1) is 0 Å². The standard InChI is InChI=1S/C36H43N5O5/c1-35(2,3)46-34(44)40-36(4,5)33(43)38-30(24-45-23-26-15-9-6-10-16-26)32(42)39-31-22-41(25-37-31)21-29(27-17-11-7-12-18-27)28-19-13-8-14-20-28/h6-20,22,25,29-30H,21,23-24H2,1-5H3,(H,38,43)(H,39,42)(H,40,44)/t30-/m1/s1. The van der Waals surface area contributed by atoms with Crippen LogP contribution in [0.15, 0.2) is 104 Å². The van der Waals surface area contributed by atoms with Crippen LogP contribution in [0.1, 0.15) is 57.2 Å². The van der Waals surface area contributed by atoms with Crippen LogP contribution >= 0.6 is 0 Å². The molecule has 3 N–H and O–H groups in total. The lowest BCUT2D eigenvalue weighted by molar-refractivity contribution is -0.131. The van der Waals surface area contributed by atoms with Crippen LogP contribution in [0.5, 0.6) is 0 Å². The molecule has 0 unspecified atom stereocenters. The van der Waals surface area contributed by atoms with Crippen molar-refractivity contribution in [3.05, 3.63) is 120 Å². The molecular weight excluding hydrogens is 582 g/mol. The van der Waals surface area contributed by atoms with Gasteiger partial charge in [0.1, 0.15) is 17.2 Å². The highest BCUT2D eigenvalue weighted by Gasteiger charge is 2.34. The maximum atomic E-state index is 13.5. The molecule has 0 bridgehead atoms. The highest BCUT2D eigenvalue weighted by Crippen LogP contribution is 2.26. The molecule has 0 aliphatic rings. The van der Waals surface area contributed by atoms with Gasteiger partial charge in [-0.25, -0.2) is 9.78 Å². The molecule has 1 atom stereocenters. The Morgan fingerprint density at radius 2 is 1.39 bits per heavy atom. The lowest BCUT2D eigenvalue weighted by atomic mass is 9.91. The molecular formula is C36H43N5O5. The Labute approximate surface area is 270 Å². The summed E-state index contributed by atoms with van der Waals surface area (Å²) in [7, 11) is 0. The lowest BCUT2D eigenvalue weighted by Gasteiger charge is -2.29. The third kappa shape index (κ3) is 10.3. The third-order valence-corrected chi connectivity index (χ3v) is 7.08. The average molecular weight is 626 g/mol. The number of amides is 3. The maximum Gasteiger partial charge on any atom is 0.408 e. The van der Waals surface area contributed by atoms with Crippen LogP contribution in [0, 0.1) is 0 Å². The van der Waals surface area contributed by atoms with E-state index in [4.69, 9.17) is 9.47 Å². The highest BCUT2D eigenvalue weighted by molar-refractivity contribution is 5.98. The lowest BCUT2D eigenvalue weighted by Crippen LogP contribution is -2.59. The first kappa shape index (κ1) is 33.9. The molecule has 0 saturated carbocycles. The number of alkyl carbamates (subject to hydrolysis) is 1. The van der Waals surface area contributed by atoms with Gasteiger partial charge in [0.05, 0.1) is 19.5 Å². The molecule has 0 saturated heterocycles. The van der Waals surface area contributed by atoms with Gasteiger partial charge in [-0.2, -0.15) is 0 Å². The number of carbonyl (C=O) groups excluding carboxylic acids is 3. The zero-order valence-electron chi connectivity index (χ0n) is 27.0. The van der Waals surface area contributed by atoms with Crippen molar-refractivity contribution >= 4 is 23.7 Å². The molecule has 4 aromatic rings.